The molecule has 2 N–H and O–H groups in total. The van der Waals surface area contributed by atoms with Gasteiger partial charge in [0.25, 0.3) is 5.91 Å². The molecule has 100 valence electrons. The largest absolute Gasteiger partial charge is 0.472 e. The van der Waals surface area contributed by atoms with E-state index in [1.807, 2.05) is 12.1 Å². The molecular formula is C14H14BrNO3. The molecule has 0 spiro atoms. The molecule has 5 heteroatoms. The molecule has 1 aromatic carbocycles. The van der Waals surface area contributed by atoms with E-state index in [9.17, 15) is 9.90 Å². The van der Waals surface area contributed by atoms with Gasteiger partial charge in [0.15, 0.2) is 0 Å². The standard InChI is InChI=1S/C14H14BrNO3/c15-12-4-2-1-3-11(12)14(18)16-7-5-13(17)10-6-8-19-9-10/h1-4,6,8-9,13,17H,5,7H2,(H,16,18)/t13-/m0/s1. The van der Waals surface area contributed by atoms with E-state index >= 15 is 0 Å². The quantitative estimate of drug-likeness (QED) is 0.889. The smallest absolute Gasteiger partial charge is 0.252 e. The molecule has 4 nitrogen and oxygen atoms in total. The van der Waals surface area contributed by atoms with E-state index in [1.54, 1.807) is 18.2 Å². The number of nitrogens with one attached hydrogen (secondary N) is 1. The Hall–Kier alpha value is -1.59. The number of furan rings is 1. The maximum atomic E-state index is 11.9. The fraction of sp³-hybridized carbons (Fsp3) is 0.214. The van der Waals surface area contributed by atoms with Crippen molar-refractivity contribution in [1.29, 1.82) is 0 Å². The van der Waals surface area contributed by atoms with Gasteiger partial charge in [-0.15, -0.1) is 0 Å². The molecule has 0 bridgehead atoms. The number of carbonyl (C=O) groups is 1. The summed E-state index contributed by atoms with van der Waals surface area (Å²) in [6.45, 7) is 0.395. The van der Waals surface area contributed by atoms with Crippen molar-refractivity contribution in [2.45, 2.75) is 12.5 Å². The fourth-order valence-electron chi connectivity index (χ4n) is 1.69. The third-order valence-corrected chi connectivity index (χ3v) is 3.44. The molecular weight excluding hydrogens is 310 g/mol. The lowest BCUT2D eigenvalue weighted by Crippen LogP contribution is -2.25. The molecule has 0 saturated heterocycles. The molecule has 19 heavy (non-hydrogen) atoms. The Morgan fingerprint density at radius 3 is 2.84 bits per heavy atom. The highest BCUT2D eigenvalue weighted by Gasteiger charge is 2.11. The summed E-state index contributed by atoms with van der Waals surface area (Å²) >= 11 is 3.33. The Labute approximate surface area is 119 Å². The average molecular weight is 324 g/mol. The van der Waals surface area contributed by atoms with Crippen LogP contribution in [0.4, 0.5) is 0 Å². The first kappa shape index (κ1) is 13.8. The zero-order chi connectivity index (χ0) is 13.7. The molecule has 1 aromatic heterocycles. The van der Waals surface area contributed by atoms with Crippen LogP contribution in [-0.4, -0.2) is 17.6 Å². The van der Waals surface area contributed by atoms with E-state index in [1.165, 1.54) is 12.5 Å². The van der Waals surface area contributed by atoms with Crippen molar-refractivity contribution in [2.24, 2.45) is 0 Å². The van der Waals surface area contributed by atoms with Gasteiger partial charge < -0.3 is 14.8 Å². The van der Waals surface area contributed by atoms with Gasteiger partial charge in [0.2, 0.25) is 0 Å². The maximum absolute atomic E-state index is 11.9. The Morgan fingerprint density at radius 1 is 1.37 bits per heavy atom. The van der Waals surface area contributed by atoms with E-state index in [0.29, 0.717) is 18.5 Å². The van der Waals surface area contributed by atoms with Crippen molar-refractivity contribution < 1.29 is 14.3 Å². The molecule has 1 heterocycles. The van der Waals surface area contributed by atoms with E-state index in [0.717, 1.165) is 10.0 Å². The zero-order valence-corrected chi connectivity index (χ0v) is 11.8. The molecule has 0 aliphatic carbocycles. The summed E-state index contributed by atoms with van der Waals surface area (Å²) in [5.74, 6) is -0.160. The van der Waals surface area contributed by atoms with Crippen molar-refractivity contribution in [1.82, 2.24) is 5.32 Å². The monoisotopic (exact) mass is 323 g/mol. The van der Waals surface area contributed by atoms with Crippen LogP contribution >= 0.6 is 15.9 Å². The molecule has 0 saturated carbocycles. The normalized spacial score (nSPS) is 12.1. The zero-order valence-electron chi connectivity index (χ0n) is 10.2. The third-order valence-electron chi connectivity index (χ3n) is 2.75. The van der Waals surface area contributed by atoms with Gasteiger partial charge >= 0.3 is 0 Å². The number of hydrogen-bond acceptors (Lipinski definition) is 3. The first-order valence-electron chi connectivity index (χ1n) is 5.91. The van der Waals surface area contributed by atoms with Gasteiger partial charge in [-0.25, -0.2) is 0 Å². The highest BCUT2D eigenvalue weighted by molar-refractivity contribution is 9.10. The van der Waals surface area contributed by atoms with Gasteiger partial charge in [0.1, 0.15) is 0 Å². The Kier molecular flexibility index (Phi) is 4.76. The predicted molar refractivity (Wildman–Crippen MR) is 74.8 cm³/mol. The molecule has 0 aliphatic heterocycles. The lowest BCUT2D eigenvalue weighted by Gasteiger charge is -2.10. The number of aliphatic hydroxyl groups is 1. The summed E-state index contributed by atoms with van der Waals surface area (Å²) in [5.41, 5.74) is 1.30. The highest BCUT2D eigenvalue weighted by atomic mass is 79.9. The minimum absolute atomic E-state index is 0.160. The summed E-state index contributed by atoms with van der Waals surface area (Å²) < 4.78 is 5.65. The number of benzene rings is 1. The van der Waals surface area contributed by atoms with Gasteiger partial charge in [0, 0.05) is 16.6 Å². The number of halogens is 1. The average Bonchev–Trinajstić information content (AvgIpc) is 2.93. The topological polar surface area (TPSA) is 62.5 Å². The van der Waals surface area contributed by atoms with Crippen LogP contribution in [-0.2, 0) is 0 Å². The minimum Gasteiger partial charge on any atom is -0.472 e. The summed E-state index contributed by atoms with van der Waals surface area (Å²) in [6, 6.07) is 8.92. The second kappa shape index (κ2) is 6.54. The van der Waals surface area contributed by atoms with Gasteiger partial charge in [-0.2, -0.15) is 0 Å². The third kappa shape index (κ3) is 3.68. The number of rotatable bonds is 5. The summed E-state index contributed by atoms with van der Waals surface area (Å²) in [5, 5.41) is 12.6. The van der Waals surface area contributed by atoms with Crippen LogP contribution in [0.5, 0.6) is 0 Å². The van der Waals surface area contributed by atoms with Crippen LogP contribution in [0, 0.1) is 0 Å². The van der Waals surface area contributed by atoms with Crippen LogP contribution in [0.25, 0.3) is 0 Å². The molecule has 1 atom stereocenters. The Bertz CT molecular complexity index is 539. The molecule has 1 amide bonds. The van der Waals surface area contributed by atoms with Crippen LogP contribution < -0.4 is 5.32 Å². The molecule has 0 unspecified atom stereocenters. The van der Waals surface area contributed by atoms with Crippen molar-refractivity contribution in [3.05, 3.63) is 58.5 Å². The highest BCUT2D eigenvalue weighted by Crippen LogP contribution is 2.17. The number of aliphatic hydroxyl groups excluding tert-OH is 1. The van der Waals surface area contributed by atoms with Gasteiger partial charge in [-0.05, 0) is 40.5 Å². The van der Waals surface area contributed by atoms with E-state index in [2.05, 4.69) is 21.2 Å². The summed E-state index contributed by atoms with van der Waals surface area (Å²) in [6.07, 6.45) is 2.83. The molecule has 2 aromatic rings. The van der Waals surface area contributed by atoms with Gasteiger partial charge in [-0.1, -0.05) is 12.1 Å². The fourth-order valence-corrected chi connectivity index (χ4v) is 2.16. The van der Waals surface area contributed by atoms with Crippen molar-refractivity contribution >= 4 is 21.8 Å². The molecule has 0 aliphatic rings. The number of carbonyl (C=O) groups excluding carboxylic acids is 1. The van der Waals surface area contributed by atoms with Crippen molar-refractivity contribution in [2.75, 3.05) is 6.54 Å². The minimum atomic E-state index is -0.627. The summed E-state index contributed by atoms with van der Waals surface area (Å²) in [4.78, 5) is 11.9. The van der Waals surface area contributed by atoms with Crippen LogP contribution in [0.15, 0.2) is 51.7 Å². The van der Waals surface area contributed by atoms with Gasteiger partial charge in [0.05, 0.1) is 24.2 Å². The number of amides is 1. The second-order valence-corrected chi connectivity index (χ2v) is 4.95. The van der Waals surface area contributed by atoms with E-state index < -0.39 is 6.10 Å². The Balaban J connectivity index is 1.83. The Morgan fingerprint density at radius 2 is 2.16 bits per heavy atom. The first-order chi connectivity index (χ1) is 9.18. The first-order valence-corrected chi connectivity index (χ1v) is 6.70. The SMILES string of the molecule is O=C(NCC[C@H](O)c1ccoc1)c1ccccc1Br. The van der Waals surface area contributed by atoms with Crippen LogP contribution in [0.1, 0.15) is 28.4 Å². The predicted octanol–water partition coefficient (Wildman–Crippen LogP) is 2.90. The lowest BCUT2D eigenvalue weighted by atomic mass is 10.1. The van der Waals surface area contributed by atoms with Crippen molar-refractivity contribution in [3.63, 3.8) is 0 Å². The maximum Gasteiger partial charge on any atom is 0.252 e. The van der Waals surface area contributed by atoms with Crippen LogP contribution in [0.3, 0.4) is 0 Å². The lowest BCUT2D eigenvalue weighted by molar-refractivity contribution is 0.0942. The number of hydrogen-bond donors (Lipinski definition) is 2. The molecule has 0 fully saturated rings. The van der Waals surface area contributed by atoms with E-state index in [4.69, 9.17) is 4.42 Å². The van der Waals surface area contributed by atoms with Gasteiger partial charge in [-0.3, -0.25) is 4.79 Å². The van der Waals surface area contributed by atoms with Crippen LogP contribution in [0.2, 0.25) is 0 Å². The molecule has 2 rings (SSSR count). The van der Waals surface area contributed by atoms with E-state index in [-0.39, 0.29) is 5.91 Å². The second-order valence-electron chi connectivity index (χ2n) is 4.10. The summed E-state index contributed by atoms with van der Waals surface area (Å²) in [7, 11) is 0. The van der Waals surface area contributed by atoms with Crippen molar-refractivity contribution in [3.8, 4) is 0 Å². The molecule has 0 radical (unpaired) electrons.